The van der Waals surface area contributed by atoms with Crippen molar-refractivity contribution in [3.63, 3.8) is 0 Å². The summed E-state index contributed by atoms with van der Waals surface area (Å²) in [5.41, 5.74) is 6.67. The third-order valence-corrected chi connectivity index (χ3v) is 5.98. The molecule has 5 nitrogen and oxygen atoms in total. The third kappa shape index (κ3) is 4.18. The largest absolute Gasteiger partial charge is 0.449 e. The topological polar surface area (TPSA) is 82.5 Å². The molecule has 0 radical (unpaired) electrons. The van der Waals surface area contributed by atoms with Gasteiger partial charge >= 0.3 is 5.97 Å². The Morgan fingerprint density at radius 2 is 2.00 bits per heavy atom. The number of primary amides is 1. The van der Waals surface area contributed by atoms with Gasteiger partial charge in [-0.1, -0.05) is 37.5 Å². The molecule has 3 rings (SSSR count). The number of nitrogens with two attached hydrogens (primary N) is 1. The van der Waals surface area contributed by atoms with Gasteiger partial charge in [0, 0.05) is 22.0 Å². The first-order valence-electron chi connectivity index (χ1n) is 8.68. The first-order chi connectivity index (χ1) is 12.1. The van der Waals surface area contributed by atoms with Crippen LogP contribution in [0.25, 0.3) is 11.0 Å². The van der Waals surface area contributed by atoms with Gasteiger partial charge < -0.3 is 14.9 Å². The van der Waals surface area contributed by atoms with Crippen molar-refractivity contribution in [3.05, 3.63) is 35.6 Å². The van der Waals surface area contributed by atoms with Crippen molar-refractivity contribution in [3.8, 4) is 0 Å². The Kier molecular flexibility index (Phi) is 5.68. The predicted molar refractivity (Wildman–Crippen MR) is 98.5 cm³/mol. The molecule has 1 atom stereocenters. The van der Waals surface area contributed by atoms with E-state index in [-0.39, 0.29) is 5.76 Å². The molecule has 1 amide bonds. The first kappa shape index (κ1) is 17.9. The molecule has 0 bridgehead atoms. The van der Waals surface area contributed by atoms with Crippen LogP contribution in [0.1, 0.15) is 55.1 Å². The molecule has 1 aliphatic rings. The van der Waals surface area contributed by atoms with Crippen molar-refractivity contribution < 1.29 is 18.7 Å². The lowest BCUT2D eigenvalue weighted by molar-refractivity contribution is -0.125. The molecule has 0 saturated heterocycles. The monoisotopic (exact) mass is 361 g/mol. The van der Waals surface area contributed by atoms with E-state index in [9.17, 15) is 9.59 Å². The van der Waals surface area contributed by atoms with E-state index in [0.29, 0.717) is 16.6 Å². The number of carbonyl (C=O) groups excluding carboxylic acids is 2. The third-order valence-electron chi connectivity index (χ3n) is 4.58. The van der Waals surface area contributed by atoms with Gasteiger partial charge in [0.2, 0.25) is 5.76 Å². The summed E-state index contributed by atoms with van der Waals surface area (Å²) in [5, 5.41) is 1.54. The van der Waals surface area contributed by atoms with Gasteiger partial charge in [-0.2, -0.15) is 11.8 Å². The summed E-state index contributed by atoms with van der Waals surface area (Å²) in [6, 6.07) is 7.57. The number of para-hydroxylation sites is 1. The van der Waals surface area contributed by atoms with E-state index in [2.05, 4.69) is 0 Å². The van der Waals surface area contributed by atoms with Gasteiger partial charge in [0.05, 0.1) is 0 Å². The van der Waals surface area contributed by atoms with Gasteiger partial charge in [0.1, 0.15) is 5.58 Å². The van der Waals surface area contributed by atoms with E-state index in [1.165, 1.54) is 39.0 Å². The van der Waals surface area contributed by atoms with E-state index in [1.807, 2.05) is 36.0 Å². The minimum atomic E-state index is -0.987. The Bertz CT molecular complexity index is 764. The first-order valence-corrected chi connectivity index (χ1v) is 9.73. The van der Waals surface area contributed by atoms with Crippen molar-refractivity contribution in [2.24, 2.45) is 5.73 Å². The van der Waals surface area contributed by atoms with Gasteiger partial charge in [0.15, 0.2) is 6.10 Å². The number of hydrogen-bond acceptors (Lipinski definition) is 5. The average molecular weight is 361 g/mol. The lowest BCUT2D eigenvalue weighted by Gasteiger charge is -2.20. The summed E-state index contributed by atoms with van der Waals surface area (Å²) in [7, 11) is 0. The fourth-order valence-corrected chi connectivity index (χ4v) is 4.47. The SMILES string of the molecule is C[C@H](OC(=O)c1oc2ccccc2c1CSC1CCCCC1)C(N)=O. The summed E-state index contributed by atoms with van der Waals surface area (Å²) in [6.07, 6.45) is 5.31. The molecule has 1 saturated carbocycles. The number of amides is 1. The minimum Gasteiger partial charge on any atom is -0.449 e. The highest BCUT2D eigenvalue weighted by Crippen LogP contribution is 2.35. The maximum atomic E-state index is 12.5. The highest BCUT2D eigenvalue weighted by atomic mass is 32.2. The molecule has 25 heavy (non-hydrogen) atoms. The Labute approximate surface area is 151 Å². The van der Waals surface area contributed by atoms with Crippen LogP contribution in [-0.2, 0) is 15.3 Å². The lowest BCUT2D eigenvalue weighted by Crippen LogP contribution is -2.30. The maximum Gasteiger partial charge on any atom is 0.375 e. The van der Waals surface area contributed by atoms with Gasteiger partial charge in [-0.15, -0.1) is 0 Å². The second-order valence-corrected chi connectivity index (χ2v) is 7.72. The van der Waals surface area contributed by atoms with Crippen LogP contribution < -0.4 is 5.73 Å². The molecule has 1 aliphatic carbocycles. The van der Waals surface area contributed by atoms with Crippen molar-refractivity contribution in [2.75, 3.05) is 0 Å². The van der Waals surface area contributed by atoms with Crippen molar-refractivity contribution in [1.82, 2.24) is 0 Å². The molecule has 1 aromatic carbocycles. The molecule has 2 N–H and O–H groups in total. The molecular formula is C19H23NO4S. The Morgan fingerprint density at radius 3 is 2.72 bits per heavy atom. The van der Waals surface area contributed by atoms with Gasteiger partial charge in [-0.25, -0.2) is 4.79 Å². The number of rotatable bonds is 6. The predicted octanol–water partition coefficient (Wildman–Crippen LogP) is 4.03. The molecule has 134 valence electrons. The van der Waals surface area contributed by atoms with Crippen LogP contribution in [-0.4, -0.2) is 23.2 Å². The van der Waals surface area contributed by atoms with Gasteiger partial charge in [0.25, 0.3) is 5.91 Å². The van der Waals surface area contributed by atoms with E-state index >= 15 is 0 Å². The molecule has 6 heteroatoms. The van der Waals surface area contributed by atoms with E-state index in [0.717, 1.165) is 10.9 Å². The van der Waals surface area contributed by atoms with E-state index < -0.39 is 18.0 Å². The zero-order chi connectivity index (χ0) is 17.8. The van der Waals surface area contributed by atoms with E-state index in [1.54, 1.807) is 0 Å². The number of thioether (sulfide) groups is 1. The normalized spacial score (nSPS) is 16.7. The fraction of sp³-hybridized carbons (Fsp3) is 0.474. The molecule has 0 unspecified atom stereocenters. The maximum absolute atomic E-state index is 12.5. The van der Waals surface area contributed by atoms with Gasteiger partial charge in [-0.05, 0) is 25.8 Å². The van der Waals surface area contributed by atoms with Crippen molar-refractivity contribution in [2.45, 2.75) is 56.1 Å². The molecule has 1 fully saturated rings. The quantitative estimate of drug-likeness (QED) is 0.786. The molecule has 0 spiro atoms. The smallest absolute Gasteiger partial charge is 0.375 e. The Morgan fingerprint density at radius 1 is 1.28 bits per heavy atom. The number of esters is 1. The second-order valence-electron chi connectivity index (χ2n) is 6.43. The fourth-order valence-electron chi connectivity index (χ4n) is 3.11. The zero-order valence-electron chi connectivity index (χ0n) is 14.3. The highest BCUT2D eigenvalue weighted by molar-refractivity contribution is 7.99. The number of ether oxygens (including phenoxy) is 1. The van der Waals surface area contributed by atoms with Gasteiger partial charge in [-0.3, -0.25) is 4.79 Å². The Balaban J connectivity index is 1.83. The number of hydrogen-bond donors (Lipinski definition) is 1. The number of fused-ring (bicyclic) bond motifs is 1. The summed E-state index contributed by atoms with van der Waals surface area (Å²) in [6.45, 7) is 1.46. The van der Waals surface area contributed by atoms with Crippen LogP contribution in [0.2, 0.25) is 0 Å². The van der Waals surface area contributed by atoms with Crippen LogP contribution in [0.3, 0.4) is 0 Å². The summed E-state index contributed by atoms with van der Waals surface area (Å²) in [4.78, 5) is 23.6. The number of furan rings is 1. The van der Waals surface area contributed by atoms with Crippen LogP contribution in [0.15, 0.2) is 28.7 Å². The number of benzene rings is 1. The summed E-state index contributed by atoms with van der Waals surface area (Å²) in [5.74, 6) is -0.446. The van der Waals surface area contributed by atoms with Crippen LogP contribution in [0, 0.1) is 0 Å². The van der Waals surface area contributed by atoms with Crippen LogP contribution >= 0.6 is 11.8 Å². The second kappa shape index (κ2) is 7.95. The summed E-state index contributed by atoms with van der Waals surface area (Å²) >= 11 is 1.87. The lowest BCUT2D eigenvalue weighted by atomic mass is 10.0. The number of carbonyl (C=O) groups is 2. The average Bonchev–Trinajstić information content (AvgIpc) is 2.99. The van der Waals surface area contributed by atoms with E-state index in [4.69, 9.17) is 14.9 Å². The minimum absolute atomic E-state index is 0.178. The summed E-state index contributed by atoms with van der Waals surface area (Å²) < 4.78 is 10.9. The van der Waals surface area contributed by atoms with Crippen LogP contribution in [0.4, 0.5) is 0 Å². The Hall–Kier alpha value is -1.95. The molecule has 0 aliphatic heterocycles. The highest BCUT2D eigenvalue weighted by Gasteiger charge is 2.26. The van der Waals surface area contributed by atoms with Crippen LogP contribution in [0.5, 0.6) is 0 Å². The van der Waals surface area contributed by atoms with Crippen molar-refractivity contribution >= 4 is 34.6 Å². The van der Waals surface area contributed by atoms with Crippen molar-refractivity contribution in [1.29, 1.82) is 0 Å². The zero-order valence-corrected chi connectivity index (χ0v) is 15.1. The molecule has 1 heterocycles. The molecule has 2 aromatic rings. The standard InChI is InChI=1S/C19H23NO4S/c1-12(18(20)21)23-19(22)17-15(11-25-13-7-3-2-4-8-13)14-9-5-6-10-16(14)24-17/h5-6,9-10,12-13H,2-4,7-8,11H2,1H3,(H2,20,21)/t12-/m0/s1. The molecule has 1 aromatic heterocycles. The molecular weight excluding hydrogens is 338 g/mol.